The summed E-state index contributed by atoms with van der Waals surface area (Å²) in [6, 6.07) is 4.75. The number of nitrogens with zero attached hydrogens (tertiary/aromatic N) is 5. The van der Waals surface area contributed by atoms with Crippen LogP contribution in [0.2, 0.25) is 0 Å². The summed E-state index contributed by atoms with van der Waals surface area (Å²) in [5.41, 5.74) is -0.0725. The van der Waals surface area contributed by atoms with Gasteiger partial charge in [0.05, 0.1) is 23.6 Å². The topological polar surface area (TPSA) is 117 Å². The van der Waals surface area contributed by atoms with E-state index in [1.54, 1.807) is 12.0 Å². The molecule has 3 aromatic rings. The summed E-state index contributed by atoms with van der Waals surface area (Å²) in [4.78, 5) is 34.5. The van der Waals surface area contributed by atoms with E-state index in [0.29, 0.717) is 0 Å². The number of pyridine rings is 1. The zero-order valence-corrected chi connectivity index (χ0v) is 17.3. The molecule has 3 aromatic heterocycles. The number of alkyl halides is 1. The fraction of sp³-hybridized carbons (Fsp3) is 0.182. The molecule has 10 nitrogen and oxygen atoms in total. The molecule has 0 saturated heterocycles. The molecule has 4 heterocycles. The Hall–Kier alpha value is -4.57. The van der Waals surface area contributed by atoms with Crippen molar-refractivity contribution in [3.63, 3.8) is 0 Å². The highest BCUT2D eigenvalue weighted by Crippen LogP contribution is 2.30. The lowest BCUT2D eigenvalue weighted by Gasteiger charge is -2.24. The average Bonchev–Trinajstić information content (AvgIpc) is 3.39. The fourth-order valence-electron chi connectivity index (χ4n) is 3.45. The highest BCUT2D eigenvalue weighted by molar-refractivity contribution is 6.00. The monoisotopic (exact) mass is 467 g/mol. The number of carbonyl (C=O) groups excluding carboxylic acids is 2. The summed E-state index contributed by atoms with van der Waals surface area (Å²) in [5.74, 6) is 0.307. The normalized spacial score (nSPS) is 20.6. The smallest absolute Gasteiger partial charge is 0.274 e. The third kappa shape index (κ3) is 3.76. The molecule has 1 amide bonds. The molecule has 2 atom stereocenters. The summed E-state index contributed by atoms with van der Waals surface area (Å²) in [6.07, 6.45) is 4.77. The van der Waals surface area contributed by atoms with Gasteiger partial charge in [-0.05, 0) is 30.4 Å². The number of hydrogen-bond donors (Lipinski definition) is 3. The Morgan fingerprint density at radius 2 is 2.18 bits per heavy atom. The van der Waals surface area contributed by atoms with Crippen LogP contribution in [0.5, 0.6) is 0 Å². The largest absolute Gasteiger partial charge is 0.385 e. The van der Waals surface area contributed by atoms with Gasteiger partial charge in [0.15, 0.2) is 28.8 Å². The molecule has 0 spiro atoms. The molecule has 1 fully saturated rings. The van der Waals surface area contributed by atoms with E-state index in [9.17, 15) is 18.4 Å². The third-order valence-corrected chi connectivity index (χ3v) is 5.19. The van der Waals surface area contributed by atoms with Gasteiger partial charge in [0.25, 0.3) is 5.91 Å². The van der Waals surface area contributed by atoms with Crippen LogP contribution in [0.1, 0.15) is 21.0 Å². The van der Waals surface area contributed by atoms with E-state index in [1.807, 2.05) is 0 Å². The van der Waals surface area contributed by atoms with Crippen LogP contribution in [0.15, 0.2) is 60.2 Å². The number of aromatic nitrogens is 4. The van der Waals surface area contributed by atoms with Gasteiger partial charge in [-0.25, -0.2) is 23.7 Å². The number of hydrogen-bond acceptors (Lipinski definition) is 8. The van der Waals surface area contributed by atoms with E-state index in [1.165, 1.54) is 41.6 Å². The Morgan fingerprint density at radius 3 is 2.91 bits per heavy atom. The molecular weight excluding hydrogens is 446 g/mol. The molecule has 2 aliphatic rings. The molecule has 1 aliphatic heterocycles. The van der Waals surface area contributed by atoms with Crippen molar-refractivity contribution in [3.8, 4) is 0 Å². The summed E-state index contributed by atoms with van der Waals surface area (Å²) < 4.78 is 50.9. The van der Waals surface area contributed by atoms with Crippen LogP contribution in [0.3, 0.4) is 0 Å². The van der Waals surface area contributed by atoms with Crippen LogP contribution in [-0.4, -0.2) is 50.6 Å². The first kappa shape index (κ1) is 17.9. The second kappa shape index (κ2) is 8.41. The molecule has 0 unspecified atom stereocenters. The van der Waals surface area contributed by atoms with Crippen molar-refractivity contribution < 1.29 is 22.5 Å². The maximum Gasteiger partial charge on any atom is 0.274 e. The zero-order chi connectivity index (χ0) is 26.3. The molecule has 1 aliphatic carbocycles. The molecule has 3 N–H and O–H groups in total. The van der Waals surface area contributed by atoms with Crippen LogP contribution in [0.4, 0.5) is 26.1 Å². The SMILES string of the molecule is [2H]C([2H])([2H])Nc1ccnn2c(C(=O)N[C@@H]3C[C@@H]3F)c(NC3=CC=CN(c4cccc(F)n4)C3=C=O)nc12. The van der Waals surface area contributed by atoms with Crippen molar-refractivity contribution >= 4 is 34.8 Å². The molecule has 0 aromatic carbocycles. The van der Waals surface area contributed by atoms with Gasteiger partial charge in [0, 0.05) is 23.7 Å². The maximum absolute atomic E-state index is 13.7. The second-order valence-electron chi connectivity index (χ2n) is 7.43. The van der Waals surface area contributed by atoms with E-state index in [4.69, 9.17) is 4.11 Å². The molecule has 1 saturated carbocycles. The zero-order valence-electron chi connectivity index (χ0n) is 20.3. The second-order valence-corrected chi connectivity index (χ2v) is 7.43. The first-order valence-corrected chi connectivity index (χ1v) is 10.1. The average molecular weight is 467 g/mol. The Kier molecular flexibility index (Phi) is 4.43. The minimum absolute atomic E-state index is 0.00823. The van der Waals surface area contributed by atoms with Crippen LogP contribution in [-0.2, 0) is 4.79 Å². The molecule has 5 rings (SSSR count). The number of allylic oxidation sites excluding steroid dienone is 2. The lowest BCUT2D eigenvalue weighted by molar-refractivity contribution is 0.0941. The molecule has 172 valence electrons. The summed E-state index contributed by atoms with van der Waals surface area (Å²) in [7, 11) is 0. The minimum Gasteiger partial charge on any atom is -0.385 e. The predicted molar refractivity (Wildman–Crippen MR) is 120 cm³/mol. The van der Waals surface area contributed by atoms with Crippen molar-refractivity contribution in [3.05, 3.63) is 71.9 Å². The van der Waals surface area contributed by atoms with Gasteiger partial charge in [-0.3, -0.25) is 9.69 Å². The van der Waals surface area contributed by atoms with Crippen LogP contribution in [0.25, 0.3) is 5.65 Å². The van der Waals surface area contributed by atoms with Crippen molar-refractivity contribution in [2.45, 2.75) is 18.6 Å². The van der Waals surface area contributed by atoms with Gasteiger partial charge in [-0.15, -0.1) is 0 Å². The number of rotatable bonds is 6. The van der Waals surface area contributed by atoms with E-state index in [0.717, 1.165) is 10.6 Å². The quantitative estimate of drug-likeness (QED) is 0.373. The van der Waals surface area contributed by atoms with Gasteiger partial charge in [-0.1, -0.05) is 6.07 Å². The van der Waals surface area contributed by atoms with Gasteiger partial charge in [-0.2, -0.15) is 9.49 Å². The Balaban J connectivity index is 1.56. The number of halogens is 2. The van der Waals surface area contributed by atoms with Crippen molar-refractivity contribution in [2.75, 3.05) is 22.5 Å². The van der Waals surface area contributed by atoms with Gasteiger partial charge < -0.3 is 16.0 Å². The van der Waals surface area contributed by atoms with Crippen molar-refractivity contribution in [1.29, 1.82) is 0 Å². The molecule has 0 radical (unpaired) electrons. The van der Waals surface area contributed by atoms with Crippen LogP contribution in [0, 0.1) is 5.95 Å². The first-order chi connectivity index (χ1) is 17.6. The number of nitrogens with one attached hydrogen (secondary N) is 3. The Labute approximate surface area is 195 Å². The lowest BCUT2D eigenvalue weighted by Crippen LogP contribution is -2.30. The van der Waals surface area contributed by atoms with E-state index in [-0.39, 0.29) is 46.5 Å². The summed E-state index contributed by atoms with van der Waals surface area (Å²) in [6.45, 7) is -2.57. The number of carbonyl (C=O) groups is 1. The van der Waals surface area contributed by atoms with Gasteiger partial charge >= 0.3 is 0 Å². The number of amides is 1. The van der Waals surface area contributed by atoms with E-state index >= 15 is 0 Å². The first-order valence-electron chi connectivity index (χ1n) is 11.6. The molecule has 34 heavy (non-hydrogen) atoms. The lowest BCUT2D eigenvalue weighted by atomic mass is 10.2. The van der Waals surface area contributed by atoms with Gasteiger partial charge in [0.2, 0.25) is 5.95 Å². The molecular formula is C22H18F2N8O2. The Bertz CT molecular complexity index is 1510. The molecule has 0 bridgehead atoms. The fourth-order valence-corrected chi connectivity index (χ4v) is 3.45. The van der Waals surface area contributed by atoms with Crippen molar-refractivity contribution in [2.24, 2.45) is 0 Å². The number of imidazole rings is 1. The van der Waals surface area contributed by atoms with Gasteiger partial charge in [0.1, 0.15) is 12.0 Å². The standard InChI is InChI=1S/C22H18F2N8O2/c1-25-14-7-8-26-32-19(22(34)28-15-10-12(15)23)20(30-21(14)32)27-13-4-3-9-31(16(13)11-33)18-6-2-5-17(24)29-18/h2-9,12,15,25,27H,10H2,1H3,(H,28,34)/t12-,15+/m0/s1/i1D3. The number of fused-ring (bicyclic) bond motifs is 1. The Morgan fingerprint density at radius 1 is 1.32 bits per heavy atom. The molecule has 12 heteroatoms. The third-order valence-electron chi connectivity index (χ3n) is 5.19. The number of anilines is 3. The van der Waals surface area contributed by atoms with Crippen LogP contribution < -0.4 is 20.9 Å². The highest BCUT2D eigenvalue weighted by atomic mass is 19.1. The summed E-state index contributed by atoms with van der Waals surface area (Å²) >= 11 is 0. The predicted octanol–water partition coefficient (Wildman–Crippen LogP) is 2.19. The van der Waals surface area contributed by atoms with Crippen LogP contribution >= 0.6 is 0 Å². The van der Waals surface area contributed by atoms with E-state index < -0.39 is 31.0 Å². The summed E-state index contributed by atoms with van der Waals surface area (Å²) in [5, 5.41) is 11.9. The maximum atomic E-state index is 13.7. The highest BCUT2D eigenvalue weighted by Gasteiger charge is 2.40. The van der Waals surface area contributed by atoms with Crippen molar-refractivity contribution in [1.82, 2.24) is 24.9 Å². The minimum atomic E-state index is -2.57. The van der Waals surface area contributed by atoms with E-state index in [2.05, 4.69) is 31.0 Å².